The predicted octanol–water partition coefficient (Wildman–Crippen LogP) is 3.94. The van der Waals surface area contributed by atoms with E-state index in [0.29, 0.717) is 5.82 Å². The first-order valence-corrected chi connectivity index (χ1v) is 9.41. The second-order valence-corrected chi connectivity index (χ2v) is 6.89. The summed E-state index contributed by atoms with van der Waals surface area (Å²) in [4.78, 5) is 25.2. The van der Waals surface area contributed by atoms with Crippen molar-refractivity contribution in [1.82, 2.24) is 9.78 Å². The van der Waals surface area contributed by atoms with Gasteiger partial charge in [-0.1, -0.05) is 55.5 Å². The molecule has 0 saturated carbocycles. The highest BCUT2D eigenvalue weighted by Crippen LogP contribution is 2.38. The van der Waals surface area contributed by atoms with Crippen molar-refractivity contribution in [3.63, 3.8) is 0 Å². The van der Waals surface area contributed by atoms with Crippen LogP contribution in [0.5, 0.6) is 0 Å². The van der Waals surface area contributed by atoms with Gasteiger partial charge in [0.05, 0.1) is 12.1 Å². The minimum atomic E-state index is -0.653. The van der Waals surface area contributed by atoms with Crippen molar-refractivity contribution in [3.8, 4) is 11.1 Å². The number of nitrogens with one attached hydrogen (secondary N) is 2. The van der Waals surface area contributed by atoms with Gasteiger partial charge in [-0.15, -0.1) is 0 Å². The van der Waals surface area contributed by atoms with Gasteiger partial charge in [0.1, 0.15) is 11.9 Å². The van der Waals surface area contributed by atoms with Crippen LogP contribution < -0.4 is 10.6 Å². The number of fused-ring (bicyclic) bond motifs is 1. The van der Waals surface area contributed by atoms with E-state index in [0.717, 1.165) is 34.5 Å². The quantitative estimate of drug-likeness (QED) is 0.710. The third kappa shape index (κ3) is 3.17. The molecule has 1 aliphatic heterocycles. The molecule has 0 spiro atoms. The van der Waals surface area contributed by atoms with Gasteiger partial charge >= 0.3 is 0 Å². The zero-order chi connectivity index (χ0) is 19.7. The Labute approximate surface area is 163 Å². The average Bonchev–Trinajstić information content (AvgIpc) is 3.16. The number of hydrogen-bond acceptors (Lipinski definition) is 3. The van der Waals surface area contributed by atoms with Crippen molar-refractivity contribution in [2.75, 3.05) is 10.6 Å². The predicted molar refractivity (Wildman–Crippen MR) is 109 cm³/mol. The van der Waals surface area contributed by atoms with Crippen LogP contribution >= 0.6 is 0 Å². The summed E-state index contributed by atoms with van der Waals surface area (Å²) < 4.78 is 1.64. The molecule has 4 rings (SSSR count). The second kappa shape index (κ2) is 7.31. The third-order valence-electron chi connectivity index (χ3n) is 5.04. The Balaban J connectivity index is 1.58. The number of hydrogen-bond donors (Lipinski definition) is 2. The number of aromatic nitrogens is 2. The highest BCUT2D eigenvalue weighted by atomic mass is 16.2. The molecule has 6 nitrogen and oxygen atoms in total. The van der Waals surface area contributed by atoms with E-state index in [2.05, 4.69) is 15.7 Å². The standard InChI is InChI=1S/C22H22N4O2/c1-3-15-9-7-8-12-17(15)23-19(27)13-18-22(28)24-21-20(14(2)25-26(18)21)16-10-5-4-6-11-16/h4-12,18H,3,13H2,1-2H3,(H,23,27)(H,24,28). The lowest BCUT2D eigenvalue weighted by atomic mass is 10.1. The maximum Gasteiger partial charge on any atom is 0.251 e. The Morgan fingerprint density at radius 1 is 1.14 bits per heavy atom. The van der Waals surface area contributed by atoms with E-state index < -0.39 is 6.04 Å². The van der Waals surface area contributed by atoms with Gasteiger partial charge in [-0.3, -0.25) is 9.59 Å². The highest BCUT2D eigenvalue weighted by molar-refractivity contribution is 6.04. The number of para-hydroxylation sites is 1. The van der Waals surface area contributed by atoms with Gasteiger partial charge in [-0.25, -0.2) is 4.68 Å². The van der Waals surface area contributed by atoms with Crippen LogP contribution in [0.25, 0.3) is 11.1 Å². The lowest BCUT2D eigenvalue weighted by molar-refractivity contribution is -0.123. The molecule has 2 amide bonds. The first-order chi connectivity index (χ1) is 13.6. The van der Waals surface area contributed by atoms with Crippen LogP contribution in [0, 0.1) is 6.92 Å². The molecule has 28 heavy (non-hydrogen) atoms. The molecule has 0 bridgehead atoms. The van der Waals surface area contributed by atoms with E-state index in [1.165, 1.54) is 0 Å². The lowest BCUT2D eigenvalue weighted by Crippen LogP contribution is -2.24. The third-order valence-corrected chi connectivity index (χ3v) is 5.04. The number of anilines is 2. The first kappa shape index (κ1) is 18.0. The van der Waals surface area contributed by atoms with Crippen molar-refractivity contribution in [1.29, 1.82) is 0 Å². The summed E-state index contributed by atoms with van der Waals surface area (Å²) in [5.41, 5.74) is 4.56. The monoisotopic (exact) mass is 374 g/mol. The van der Waals surface area contributed by atoms with Gasteiger partial charge in [0, 0.05) is 11.3 Å². The maximum absolute atomic E-state index is 12.6. The fourth-order valence-electron chi connectivity index (χ4n) is 3.66. The molecule has 1 aliphatic rings. The van der Waals surface area contributed by atoms with Crippen molar-refractivity contribution >= 4 is 23.3 Å². The fourth-order valence-corrected chi connectivity index (χ4v) is 3.66. The molecule has 6 heteroatoms. The van der Waals surface area contributed by atoms with Crippen molar-refractivity contribution < 1.29 is 9.59 Å². The second-order valence-electron chi connectivity index (χ2n) is 6.89. The molecule has 2 N–H and O–H groups in total. The van der Waals surface area contributed by atoms with Gasteiger partial charge in [0.2, 0.25) is 5.91 Å². The molecular weight excluding hydrogens is 352 g/mol. The van der Waals surface area contributed by atoms with E-state index in [1.807, 2.05) is 68.4 Å². The Morgan fingerprint density at radius 3 is 2.61 bits per heavy atom. The number of benzene rings is 2. The van der Waals surface area contributed by atoms with E-state index in [1.54, 1.807) is 4.68 Å². The molecule has 2 heterocycles. The molecule has 0 radical (unpaired) electrons. The lowest BCUT2D eigenvalue weighted by Gasteiger charge is -2.12. The number of amides is 2. The van der Waals surface area contributed by atoms with Gasteiger partial charge in [-0.05, 0) is 30.5 Å². The molecule has 1 atom stereocenters. The molecule has 0 aliphatic carbocycles. The largest absolute Gasteiger partial charge is 0.326 e. The van der Waals surface area contributed by atoms with E-state index >= 15 is 0 Å². The molecule has 0 saturated heterocycles. The maximum atomic E-state index is 12.6. The Kier molecular flexibility index (Phi) is 4.69. The number of nitrogens with zero attached hydrogens (tertiary/aromatic N) is 2. The Bertz CT molecular complexity index is 1040. The zero-order valence-electron chi connectivity index (χ0n) is 15.9. The van der Waals surface area contributed by atoms with Crippen LogP contribution in [-0.2, 0) is 16.0 Å². The van der Waals surface area contributed by atoms with E-state index in [-0.39, 0.29) is 18.2 Å². The smallest absolute Gasteiger partial charge is 0.251 e. The summed E-state index contributed by atoms with van der Waals surface area (Å²) in [5.74, 6) is 0.238. The van der Waals surface area contributed by atoms with Crippen molar-refractivity contribution in [2.45, 2.75) is 32.7 Å². The normalized spacial score (nSPS) is 15.2. The van der Waals surface area contributed by atoms with Crippen LogP contribution in [0.15, 0.2) is 54.6 Å². The zero-order valence-corrected chi connectivity index (χ0v) is 15.9. The van der Waals surface area contributed by atoms with Crippen LogP contribution in [0.3, 0.4) is 0 Å². The summed E-state index contributed by atoms with van der Waals surface area (Å²) in [7, 11) is 0. The summed E-state index contributed by atoms with van der Waals surface area (Å²) in [5, 5.41) is 10.4. The summed E-state index contributed by atoms with van der Waals surface area (Å²) in [6.45, 7) is 3.95. The number of rotatable bonds is 5. The minimum absolute atomic E-state index is 0.0340. The first-order valence-electron chi connectivity index (χ1n) is 9.41. The van der Waals surface area contributed by atoms with Crippen LogP contribution in [0.1, 0.15) is 30.6 Å². The van der Waals surface area contributed by atoms with Crippen molar-refractivity contribution in [2.24, 2.45) is 0 Å². The summed E-state index contributed by atoms with van der Waals surface area (Å²) in [6, 6.07) is 16.9. The Morgan fingerprint density at radius 2 is 1.86 bits per heavy atom. The van der Waals surface area contributed by atoms with Crippen molar-refractivity contribution in [3.05, 3.63) is 65.9 Å². The van der Waals surface area contributed by atoms with Crippen LogP contribution in [0.4, 0.5) is 11.5 Å². The van der Waals surface area contributed by atoms with Gasteiger partial charge in [-0.2, -0.15) is 5.10 Å². The molecule has 142 valence electrons. The molecule has 1 aromatic heterocycles. The molecule has 2 aromatic carbocycles. The van der Waals surface area contributed by atoms with E-state index in [9.17, 15) is 9.59 Å². The van der Waals surface area contributed by atoms with E-state index in [4.69, 9.17) is 0 Å². The molecule has 1 unspecified atom stereocenters. The van der Waals surface area contributed by atoms with Gasteiger partial charge in [0.15, 0.2) is 0 Å². The number of carbonyl (C=O) groups excluding carboxylic acids is 2. The van der Waals surface area contributed by atoms with Gasteiger partial charge < -0.3 is 10.6 Å². The molecule has 3 aromatic rings. The fraction of sp³-hybridized carbons (Fsp3) is 0.227. The van der Waals surface area contributed by atoms with Gasteiger partial charge in [0.25, 0.3) is 5.91 Å². The average molecular weight is 374 g/mol. The topological polar surface area (TPSA) is 76.0 Å². The summed E-state index contributed by atoms with van der Waals surface area (Å²) >= 11 is 0. The molecular formula is C22H22N4O2. The van der Waals surface area contributed by atoms with Crippen LogP contribution in [-0.4, -0.2) is 21.6 Å². The Hall–Kier alpha value is -3.41. The highest BCUT2D eigenvalue weighted by Gasteiger charge is 2.36. The number of carbonyl (C=O) groups is 2. The molecule has 0 fully saturated rings. The van der Waals surface area contributed by atoms with Crippen LogP contribution in [0.2, 0.25) is 0 Å². The SMILES string of the molecule is CCc1ccccc1NC(=O)CC1C(=O)Nc2c(-c3ccccc3)c(C)nn21. The number of aryl methyl sites for hydroxylation is 2. The minimum Gasteiger partial charge on any atom is -0.326 e. The summed E-state index contributed by atoms with van der Waals surface area (Å²) in [6.07, 6.45) is 0.857.